The van der Waals surface area contributed by atoms with E-state index in [9.17, 15) is 14.0 Å². The van der Waals surface area contributed by atoms with Crippen molar-refractivity contribution < 1.29 is 9.18 Å². The Bertz CT molecular complexity index is 1010. The van der Waals surface area contributed by atoms with Crippen LogP contribution in [0.1, 0.15) is 29.6 Å². The van der Waals surface area contributed by atoms with Crippen molar-refractivity contribution in [3.05, 3.63) is 75.5 Å². The van der Waals surface area contributed by atoms with Crippen molar-refractivity contribution in [1.29, 1.82) is 0 Å². The van der Waals surface area contributed by atoms with Crippen molar-refractivity contribution in [2.45, 2.75) is 33.2 Å². The van der Waals surface area contributed by atoms with Crippen LogP contribution >= 0.6 is 0 Å². The molecule has 1 amide bonds. The van der Waals surface area contributed by atoms with E-state index in [0.717, 1.165) is 11.3 Å². The summed E-state index contributed by atoms with van der Waals surface area (Å²) < 4.78 is 14.6. The Morgan fingerprint density at radius 2 is 2.04 bits per heavy atom. The fraction of sp³-hybridized carbons (Fsp3) is 0.263. The van der Waals surface area contributed by atoms with Gasteiger partial charge < -0.3 is 10.3 Å². The Balaban J connectivity index is 1.62. The summed E-state index contributed by atoms with van der Waals surface area (Å²) in [6.07, 6.45) is 3.97. The Kier molecular flexibility index (Phi) is 5.44. The summed E-state index contributed by atoms with van der Waals surface area (Å²) >= 11 is 0. The van der Waals surface area contributed by atoms with Crippen LogP contribution in [0.2, 0.25) is 0 Å². The number of benzene rings is 1. The minimum absolute atomic E-state index is 0.0374. The molecule has 3 aromatic rings. The van der Waals surface area contributed by atoms with Crippen LogP contribution < -0.4 is 10.9 Å². The second-order valence-electron chi connectivity index (χ2n) is 6.15. The molecule has 0 saturated carbocycles. The smallest absolute Gasteiger partial charge is 0.254 e. The van der Waals surface area contributed by atoms with Crippen LogP contribution in [0.4, 0.5) is 4.39 Å². The molecule has 0 spiro atoms. The highest BCUT2D eigenvalue weighted by Gasteiger charge is 2.12. The summed E-state index contributed by atoms with van der Waals surface area (Å²) in [6, 6.07) is 5.95. The van der Waals surface area contributed by atoms with Gasteiger partial charge in [-0.1, -0.05) is 6.92 Å². The molecule has 140 valence electrons. The average Bonchev–Trinajstić information content (AvgIpc) is 3.12. The summed E-state index contributed by atoms with van der Waals surface area (Å²) in [6.45, 7) is 3.90. The molecule has 0 fully saturated rings. The summed E-state index contributed by atoms with van der Waals surface area (Å²) in [5, 5.41) is 6.97. The number of amides is 1. The lowest BCUT2D eigenvalue weighted by molar-refractivity contribution is -0.120. The molecular formula is C19H20FN5O2. The van der Waals surface area contributed by atoms with E-state index in [2.05, 4.69) is 20.4 Å². The van der Waals surface area contributed by atoms with Crippen molar-refractivity contribution in [2.24, 2.45) is 0 Å². The van der Waals surface area contributed by atoms with E-state index in [4.69, 9.17) is 0 Å². The molecule has 0 atom stereocenters. The molecular weight excluding hydrogens is 349 g/mol. The van der Waals surface area contributed by atoms with Gasteiger partial charge in [0.1, 0.15) is 11.6 Å². The number of H-pyrrole nitrogens is 1. The fourth-order valence-corrected chi connectivity index (χ4v) is 2.65. The second-order valence-corrected chi connectivity index (χ2v) is 6.15. The van der Waals surface area contributed by atoms with Gasteiger partial charge in [0.05, 0.1) is 18.3 Å². The van der Waals surface area contributed by atoms with E-state index >= 15 is 0 Å². The molecule has 0 unspecified atom stereocenters. The summed E-state index contributed by atoms with van der Waals surface area (Å²) in [5.74, 6) is 0.0178. The number of carbonyl (C=O) groups excluding carboxylic acids is 1. The predicted molar refractivity (Wildman–Crippen MR) is 98.0 cm³/mol. The third-order valence-electron chi connectivity index (χ3n) is 4.16. The van der Waals surface area contributed by atoms with Crippen molar-refractivity contribution in [3.63, 3.8) is 0 Å². The van der Waals surface area contributed by atoms with Crippen molar-refractivity contribution in [2.75, 3.05) is 0 Å². The minimum Gasteiger partial charge on any atom is -0.352 e. The first-order chi connectivity index (χ1) is 13.0. The molecule has 0 aliphatic rings. The summed E-state index contributed by atoms with van der Waals surface area (Å²) in [7, 11) is 0. The molecule has 0 aliphatic heterocycles. The quantitative estimate of drug-likeness (QED) is 0.693. The maximum absolute atomic E-state index is 13.0. The van der Waals surface area contributed by atoms with Gasteiger partial charge in [0, 0.05) is 36.0 Å². The number of nitrogens with zero attached hydrogens (tertiary/aromatic N) is 3. The van der Waals surface area contributed by atoms with Crippen LogP contribution in [0, 0.1) is 12.7 Å². The Morgan fingerprint density at radius 3 is 2.70 bits per heavy atom. The monoisotopic (exact) mass is 369 g/mol. The van der Waals surface area contributed by atoms with Gasteiger partial charge in [-0.2, -0.15) is 5.10 Å². The zero-order valence-electron chi connectivity index (χ0n) is 15.1. The van der Waals surface area contributed by atoms with Gasteiger partial charge in [-0.25, -0.2) is 14.1 Å². The van der Waals surface area contributed by atoms with Gasteiger partial charge in [0.25, 0.3) is 5.56 Å². The number of halogens is 1. The molecule has 27 heavy (non-hydrogen) atoms. The molecule has 2 heterocycles. The maximum Gasteiger partial charge on any atom is 0.254 e. The molecule has 0 aliphatic carbocycles. The standard InChI is InChI=1S/C19H20FN5O2/c1-3-17-23-12(2)16(19(27)24-17)8-18(26)21-9-13-10-22-25(11-13)15-6-4-14(20)5-7-15/h4-7,10-11H,3,8-9H2,1-2H3,(H,21,26)(H,23,24,27). The van der Waals surface area contributed by atoms with E-state index in [1.54, 1.807) is 36.1 Å². The lowest BCUT2D eigenvalue weighted by atomic mass is 10.1. The number of aryl methyl sites for hydroxylation is 2. The molecule has 3 rings (SSSR count). The number of hydrogen-bond donors (Lipinski definition) is 2. The average molecular weight is 369 g/mol. The number of hydrogen-bond acceptors (Lipinski definition) is 4. The molecule has 8 heteroatoms. The first-order valence-corrected chi connectivity index (χ1v) is 8.61. The number of aromatic nitrogens is 4. The lowest BCUT2D eigenvalue weighted by Gasteiger charge is -2.07. The van der Waals surface area contributed by atoms with Gasteiger partial charge in [0.2, 0.25) is 5.91 Å². The van der Waals surface area contributed by atoms with E-state index in [0.29, 0.717) is 23.5 Å². The molecule has 1 aromatic carbocycles. The van der Waals surface area contributed by atoms with Gasteiger partial charge >= 0.3 is 0 Å². The largest absolute Gasteiger partial charge is 0.352 e. The van der Waals surface area contributed by atoms with Gasteiger partial charge in [0.15, 0.2) is 0 Å². The second kappa shape index (κ2) is 7.94. The van der Waals surface area contributed by atoms with Crippen LogP contribution in [0.15, 0.2) is 41.5 Å². The van der Waals surface area contributed by atoms with Crippen LogP contribution in [0.5, 0.6) is 0 Å². The first kappa shape index (κ1) is 18.5. The Labute approximate surface area is 155 Å². The van der Waals surface area contributed by atoms with Crippen LogP contribution in [-0.2, 0) is 24.2 Å². The fourth-order valence-electron chi connectivity index (χ4n) is 2.65. The zero-order chi connectivity index (χ0) is 19.4. The number of nitrogens with one attached hydrogen (secondary N) is 2. The zero-order valence-corrected chi connectivity index (χ0v) is 15.1. The van der Waals surface area contributed by atoms with E-state index in [1.165, 1.54) is 12.1 Å². The highest BCUT2D eigenvalue weighted by Crippen LogP contribution is 2.09. The highest BCUT2D eigenvalue weighted by molar-refractivity contribution is 5.78. The Hall–Kier alpha value is -3.29. The third-order valence-corrected chi connectivity index (χ3v) is 4.16. The summed E-state index contributed by atoms with van der Waals surface area (Å²) in [4.78, 5) is 31.3. The van der Waals surface area contributed by atoms with Gasteiger partial charge in [-0.3, -0.25) is 9.59 Å². The molecule has 7 nitrogen and oxygen atoms in total. The van der Waals surface area contributed by atoms with E-state index < -0.39 is 0 Å². The van der Waals surface area contributed by atoms with Crippen LogP contribution in [0.25, 0.3) is 5.69 Å². The maximum atomic E-state index is 13.0. The van der Waals surface area contributed by atoms with Gasteiger partial charge in [-0.15, -0.1) is 0 Å². The minimum atomic E-state index is -0.315. The predicted octanol–water partition coefficient (Wildman–Crippen LogP) is 1.82. The molecule has 2 aromatic heterocycles. The SMILES string of the molecule is CCc1nc(C)c(CC(=O)NCc2cnn(-c3ccc(F)cc3)c2)c(=O)[nH]1. The topological polar surface area (TPSA) is 92.7 Å². The number of carbonyl (C=O) groups is 1. The van der Waals surface area contributed by atoms with Crippen molar-refractivity contribution in [3.8, 4) is 5.69 Å². The molecule has 2 N–H and O–H groups in total. The molecule has 0 saturated heterocycles. The highest BCUT2D eigenvalue weighted by atomic mass is 19.1. The molecule has 0 radical (unpaired) electrons. The first-order valence-electron chi connectivity index (χ1n) is 8.61. The lowest BCUT2D eigenvalue weighted by Crippen LogP contribution is -2.29. The van der Waals surface area contributed by atoms with Crippen molar-refractivity contribution >= 4 is 5.91 Å². The third kappa shape index (κ3) is 4.46. The van der Waals surface area contributed by atoms with Crippen LogP contribution in [0.3, 0.4) is 0 Å². The summed E-state index contributed by atoms with van der Waals surface area (Å²) in [5.41, 5.74) is 2.16. The Morgan fingerprint density at radius 1 is 1.30 bits per heavy atom. The van der Waals surface area contributed by atoms with Crippen molar-refractivity contribution in [1.82, 2.24) is 25.1 Å². The van der Waals surface area contributed by atoms with E-state index in [1.807, 2.05) is 6.92 Å². The number of rotatable bonds is 6. The molecule has 0 bridgehead atoms. The van der Waals surface area contributed by atoms with Gasteiger partial charge in [-0.05, 0) is 31.2 Å². The van der Waals surface area contributed by atoms with Crippen LogP contribution in [-0.4, -0.2) is 25.7 Å². The van der Waals surface area contributed by atoms with E-state index in [-0.39, 0.29) is 30.2 Å². The normalized spacial score (nSPS) is 10.8. The number of aromatic amines is 1.